The summed E-state index contributed by atoms with van der Waals surface area (Å²) < 4.78 is 35.6. The zero-order chi connectivity index (χ0) is 38.7. The molecule has 2 amide bonds. The summed E-state index contributed by atoms with van der Waals surface area (Å²) in [5.41, 5.74) is 0.835. The van der Waals surface area contributed by atoms with Gasteiger partial charge in [-0.05, 0) is 79.5 Å². The monoisotopic (exact) mass is 750 g/mol. The Labute approximate surface area is 308 Å². The molecule has 0 bridgehead atoms. The van der Waals surface area contributed by atoms with E-state index in [2.05, 4.69) is 78.4 Å². The van der Waals surface area contributed by atoms with E-state index in [0.717, 1.165) is 11.1 Å². The summed E-state index contributed by atoms with van der Waals surface area (Å²) in [6.45, 7) is 25.8. The Morgan fingerprint density at radius 2 is 1.45 bits per heavy atom. The number of aryl methyl sites for hydroxylation is 1. The number of amides is 2. The zero-order valence-corrected chi connectivity index (χ0v) is 36.0. The van der Waals surface area contributed by atoms with Gasteiger partial charge in [0.15, 0.2) is 39.5 Å². The summed E-state index contributed by atoms with van der Waals surface area (Å²) in [6, 6.07) is 0.110. The van der Waals surface area contributed by atoms with Crippen LogP contribution in [0.15, 0.2) is 6.07 Å². The van der Waals surface area contributed by atoms with Gasteiger partial charge in [0.25, 0.3) is 0 Å². The summed E-state index contributed by atoms with van der Waals surface area (Å²) in [5, 5.41) is 5.91. The number of hydrogen-bond donors (Lipinski definition) is 2. The number of methoxy groups -OCH3 is 3. The zero-order valence-electron chi connectivity index (χ0n) is 34.0. The molecule has 0 saturated carbocycles. The van der Waals surface area contributed by atoms with E-state index in [9.17, 15) is 14.4 Å². The Morgan fingerprint density at radius 3 is 1.94 bits per heavy atom. The average Bonchev–Trinajstić information content (AvgIpc) is 3.83. The van der Waals surface area contributed by atoms with Crippen molar-refractivity contribution in [3.8, 4) is 17.2 Å². The summed E-state index contributed by atoms with van der Waals surface area (Å²) in [4.78, 5) is 42.4. The predicted molar refractivity (Wildman–Crippen MR) is 205 cm³/mol. The average molecular weight is 751 g/mol. The number of carbonyl (C=O) groups is 3. The smallest absolute Gasteiger partial charge is 0.245 e. The number of hydrogen-bond acceptors (Lipinski definition) is 9. The van der Waals surface area contributed by atoms with Crippen LogP contribution in [0.25, 0.3) is 0 Å². The first-order chi connectivity index (χ1) is 23.4. The number of Topliss-reactive ketones (excluding diaryl/α,β-unsaturated/α-hetero) is 1. The number of nitrogens with one attached hydrogen (secondary N) is 2. The van der Waals surface area contributed by atoms with Crippen LogP contribution in [0.2, 0.25) is 36.3 Å². The Bertz CT molecular complexity index is 1410. The Kier molecular flexibility index (Phi) is 13.7. The molecule has 2 N–H and O–H groups in total. The van der Waals surface area contributed by atoms with Gasteiger partial charge in [-0.2, -0.15) is 0 Å². The third-order valence-corrected chi connectivity index (χ3v) is 20.4. The normalized spacial score (nSPS) is 20.6. The highest BCUT2D eigenvalue weighted by molar-refractivity contribution is 6.74. The van der Waals surface area contributed by atoms with Gasteiger partial charge in [-0.15, -0.1) is 0 Å². The van der Waals surface area contributed by atoms with Crippen molar-refractivity contribution in [2.24, 2.45) is 11.8 Å². The second kappa shape index (κ2) is 16.3. The third kappa shape index (κ3) is 10.2. The maximum Gasteiger partial charge on any atom is 0.245 e. The standard InChI is InChI=1S/C38H66N2O9Si2/c1-24(2)18-28(33(41)38(22-47-38)23-49-51(14,15)37(6,7)8)39-35(43)29(21-48-50(12,13)36(3,4)5)40-34(42)26-17-16-25-20-30(44-9)32(46-11)31(45-10)27(25)19-26/h20,24,26,28-29H,16-19,21-23H2,1-15H3,(H,39,43)(H,40,42)/t26-,28-,29-,38?/m0/s1. The lowest BCUT2D eigenvalue weighted by atomic mass is 9.82. The van der Waals surface area contributed by atoms with Crippen molar-refractivity contribution in [2.45, 2.75) is 135 Å². The van der Waals surface area contributed by atoms with Gasteiger partial charge in [0.2, 0.25) is 17.6 Å². The molecule has 1 aliphatic heterocycles. The quantitative estimate of drug-likeness (QED) is 0.141. The van der Waals surface area contributed by atoms with E-state index in [4.69, 9.17) is 27.8 Å². The molecule has 290 valence electrons. The fourth-order valence-electron chi connectivity index (χ4n) is 5.79. The number of benzene rings is 1. The first-order valence-electron chi connectivity index (χ1n) is 18.3. The van der Waals surface area contributed by atoms with Gasteiger partial charge in [0.1, 0.15) is 6.04 Å². The van der Waals surface area contributed by atoms with Crippen LogP contribution in [0.1, 0.15) is 79.4 Å². The molecule has 0 aromatic heterocycles. The van der Waals surface area contributed by atoms with Crippen molar-refractivity contribution in [1.82, 2.24) is 10.6 Å². The summed E-state index contributed by atoms with van der Waals surface area (Å²) in [7, 11) is 0.250. The van der Waals surface area contributed by atoms with Gasteiger partial charge in [0.05, 0.1) is 47.2 Å². The van der Waals surface area contributed by atoms with Crippen LogP contribution in [-0.4, -0.2) is 93.1 Å². The number of epoxide rings is 1. The lowest BCUT2D eigenvalue weighted by Gasteiger charge is -2.38. The van der Waals surface area contributed by atoms with E-state index in [1.807, 2.05) is 19.9 Å². The number of rotatable bonds is 17. The lowest BCUT2D eigenvalue weighted by Crippen LogP contribution is -2.58. The minimum absolute atomic E-state index is 0.00949. The van der Waals surface area contributed by atoms with Gasteiger partial charge >= 0.3 is 0 Å². The molecule has 1 aromatic carbocycles. The van der Waals surface area contributed by atoms with Crippen molar-refractivity contribution in [1.29, 1.82) is 0 Å². The molecule has 11 nitrogen and oxygen atoms in total. The second-order valence-corrected chi connectivity index (χ2v) is 27.4. The molecular formula is C38H66N2O9Si2. The molecule has 0 spiro atoms. The van der Waals surface area contributed by atoms with Crippen molar-refractivity contribution in [3.63, 3.8) is 0 Å². The van der Waals surface area contributed by atoms with Gasteiger partial charge in [-0.3, -0.25) is 14.4 Å². The number of fused-ring (bicyclic) bond motifs is 1. The van der Waals surface area contributed by atoms with E-state index in [1.165, 1.54) is 0 Å². The fourth-order valence-corrected chi connectivity index (χ4v) is 7.83. The molecule has 3 rings (SSSR count). The number of ether oxygens (including phenoxy) is 4. The van der Waals surface area contributed by atoms with Crippen molar-refractivity contribution in [3.05, 3.63) is 17.2 Å². The molecule has 1 aliphatic carbocycles. The molecule has 1 fully saturated rings. The molecule has 13 heteroatoms. The van der Waals surface area contributed by atoms with Gasteiger partial charge in [-0.25, -0.2) is 0 Å². The number of ketones is 1. The maximum atomic E-state index is 14.2. The Morgan fingerprint density at radius 1 is 0.882 bits per heavy atom. The molecule has 1 unspecified atom stereocenters. The molecule has 2 aliphatic rings. The molecule has 0 radical (unpaired) electrons. The van der Waals surface area contributed by atoms with Crippen LogP contribution in [0.3, 0.4) is 0 Å². The van der Waals surface area contributed by atoms with E-state index < -0.39 is 46.1 Å². The Hall–Kier alpha value is -2.46. The van der Waals surface area contributed by atoms with Crippen molar-refractivity contribution in [2.75, 3.05) is 41.2 Å². The largest absolute Gasteiger partial charge is 0.493 e. The van der Waals surface area contributed by atoms with E-state index in [1.54, 1.807) is 21.3 Å². The van der Waals surface area contributed by atoms with Crippen LogP contribution >= 0.6 is 0 Å². The Balaban J connectivity index is 1.87. The van der Waals surface area contributed by atoms with Crippen molar-refractivity contribution >= 4 is 34.2 Å². The van der Waals surface area contributed by atoms with Crippen LogP contribution in [0.4, 0.5) is 0 Å². The van der Waals surface area contributed by atoms with Gasteiger partial charge in [-0.1, -0.05) is 55.4 Å². The van der Waals surface area contributed by atoms with E-state index in [0.29, 0.717) is 42.9 Å². The number of carbonyl (C=O) groups excluding carboxylic acids is 3. The molecular weight excluding hydrogens is 685 g/mol. The van der Waals surface area contributed by atoms with Crippen molar-refractivity contribution < 1.29 is 42.2 Å². The summed E-state index contributed by atoms with van der Waals surface area (Å²) in [6.07, 6.45) is 2.04. The molecule has 51 heavy (non-hydrogen) atoms. The highest BCUT2D eigenvalue weighted by Crippen LogP contribution is 2.45. The van der Waals surface area contributed by atoms with Gasteiger partial charge < -0.3 is 38.4 Å². The SMILES string of the molecule is COc1cc2c(c(OC)c1OC)C[C@@H](C(=O)N[C@@H](CO[Si](C)(C)C(C)(C)C)C(=O)N[C@@H](CC(C)C)C(=O)C1(CO[Si](C)(C)C(C)(C)C)CO1)CC2. The van der Waals surface area contributed by atoms with Gasteiger partial charge in [0, 0.05) is 11.5 Å². The third-order valence-electron chi connectivity index (χ3n) is 11.4. The van der Waals surface area contributed by atoms with E-state index in [-0.39, 0.29) is 47.5 Å². The minimum Gasteiger partial charge on any atom is -0.493 e. The summed E-state index contributed by atoms with van der Waals surface area (Å²) >= 11 is 0. The summed E-state index contributed by atoms with van der Waals surface area (Å²) in [5.74, 6) is 0.383. The highest BCUT2D eigenvalue weighted by atomic mass is 28.4. The van der Waals surface area contributed by atoms with Crippen LogP contribution in [-0.2, 0) is 40.8 Å². The topological polar surface area (TPSA) is 134 Å². The first kappa shape index (κ1) is 43.0. The molecule has 4 atom stereocenters. The maximum absolute atomic E-state index is 14.2. The molecule has 1 heterocycles. The minimum atomic E-state index is -2.31. The molecule has 1 aromatic rings. The fraction of sp³-hybridized carbons (Fsp3) is 0.763. The molecule has 1 saturated heterocycles. The van der Waals surface area contributed by atoms with Crippen LogP contribution in [0, 0.1) is 11.8 Å². The van der Waals surface area contributed by atoms with Crippen LogP contribution < -0.4 is 24.8 Å². The second-order valence-electron chi connectivity index (χ2n) is 17.7. The highest BCUT2D eigenvalue weighted by Gasteiger charge is 2.56. The lowest BCUT2D eigenvalue weighted by molar-refractivity contribution is -0.135. The predicted octanol–water partition coefficient (Wildman–Crippen LogP) is 6.21. The first-order valence-corrected chi connectivity index (χ1v) is 24.1. The van der Waals surface area contributed by atoms with E-state index >= 15 is 0 Å². The van der Waals surface area contributed by atoms with Crippen LogP contribution in [0.5, 0.6) is 17.2 Å².